The Morgan fingerprint density at radius 3 is 2.52 bits per heavy atom. The van der Waals surface area contributed by atoms with Gasteiger partial charge < -0.3 is 18.7 Å². The summed E-state index contributed by atoms with van der Waals surface area (Å²) in [5.74, 6) is -0.0490. The molecule has 2 rings (SSSR count). The van der Waals surface area contributed by atoms with Crippen molar-refractivity contribution >= 4 is 14.6 Å². The second-order valence-corrected chi connectivity index (χ2v) is 15.2. The molecule has 0 N–H and O–H groups in total. The van der Waals surface area contributed by atoms with Crippen LogP contribution >= 0.6 is 0 Å². The first-order valence-electron chi connectivity index (χ1n) is 11.0. The van der Waals surface area contributed by atoms with Crippen LogP contribution in [0.4, 0.5) is 0 Å². The molecule has 0 bridgehead atoms. The predicted octanol–water partition coefficient (Wildman–Crippen LogP) is 5.85. The number of carbonyl (C=O) groups is 1. The summed E-state index contributed by atoms with van der Waals surface area (Å²) in [6, 6.07) is 0. The lowest BCUT2D eigenvalue weighted by Gasteiger charge is -2.43. The van der Waals surface area contributed by atoms with E-state index >= 15 is 0 Å². The Balaban J connectivity index is 1.95. The molecular formula is C22H42O4Si. The summed E-state index contributed by atoms with van der Waals surface area (Å²) in [6.07, 6.45) is 8.62. The zero-order valence-electron chi connectivity index (χ0n) is 18.7. The average Bonchev–Trinajstić information content (AvgIpc) is 2.94. The minimum Gasteiger partial charge on any atom is -0.417 e. The largest absolute Gasteiger partial charge is 0.417 e. The number of ether oxygens (including phenoxy) is 2. The van der Waals surface area contributed by atoms with Gasteiger partial charge in [-0.05, 0) is 49.7 Å². The summed E-state index contributed by atoms with van der Waals surface area (Å²) in [5.41, 5.74) is -0.626. The van der Waals surface area contributed by atoms with E-state index in [4.69, 9.17) is 13.9 Å². The van der Waals surface area contributed by atoms with Crippen molar-refractivity contribution in [3.8, 4) is 0 Å². The zero-order valence-corrected chi connectivity index (χ0v) is 19.7. The van der Waals surface area contributed by atoms with Gasteiger partial charge in [-0.3, -0.25) is 0 Å². The number of hydrogen-bond donors (Lipinski definition) is 0. The van der Waals surface area contributed by atoms with Crippen LogP contribution in [0.3, 0.4) is 0 Å². The van der Waals surface area contributed by atoms with Crippen molar-refractivity contribution in [2.24, 2.45) is 5.92 Å². The highest BCUT2D eigenvalue weighted by Crippen LogP contribution is 2.48. The van der Waals surface area contributed by atoms with Crippen LogP contribution in [0.2, 0.25) is 18.1 Å². The third kappa shape index (κ3) is 5.43. The fraction of sp³-hybridized carbons (Fsp3) is 0.955. The van der Waals surface area contributed by atoms with Gasteiger partial charge in [-0.2, -0.15) is 0 Å². The van der Waals surface area contributed by atoms with Gasteiger partial charge in [0.2, 0.25) is 0 Å². The molecule has 0 radical (unpaired) electrons. The van der Waals surface area contributed by atoms with E-state index in [2.05, 4.69) is 47.7 Å². The molecule has 2 aliphatic heterocycles. The van der Waals surface area contributed by atoms with E-state index in [9.17, 15) is 4.79 Å². The van der Waals surface area contributed by atoms with Crippen LogP contribution in [0, 0.1) is 5.92 Å². The molecule has 2 saturated heterocycles. The first kappa shape index (κ1) is 23.0. The molecular weight excluding hydrogens is 356 g/mol. The maximum Gasteiger partial charge on any atom is 0.191 e. The molecule has 0 amide bonds. The minimum atomic E-state index is -1.73. The molecule has 27 heavy (non-hydrogen) atoms. The van der Waals surface area contributed by atoms with Gasteiger partial charge >= 0.3 is 0 Å². The van der Waals surface area contributed by atoms with Crippen LogP contribution < -0.4 is 0 Å². The normalized spacial score (nSPS) is 34.9. The van der Waals surface area contributed by atoms with E-state index in [0.717, 1.165) is 64.3 Å². The Kier molecular flexibility index (Phi) is 7.38. The second-order valence-electron chi connectivity index (χ2n) is 10.4. The number of unbranched alkanes of at least 4 members (excludes halogenated alkanes) is 1. The summed E-state index contributed by atoms with van der Waals surface area (Å²) >= 11 is 0. The van der Waals surface area contributed by atoms with Crippen LogP contribution in [0.1, 0.15) is 86.0 Å². The first-order chi connectivity index (χ1) is 12.5. The van der Waals surface area contributed by atoms with Gasteiger partial charge in [0.15, 0.2) is 20.4 Å². The number of carbonyl (C=O) groups excluding carboxylic acids is 1. The summed E-state index contributed by atoms with van der Waals surface area (Å²) in [4.78, 5) is 11.8. The van der Waals surface area contributed by atoms with Gasteiger partial charge in [0.1, 0.15) is 5.60 Å². The summed E-state index contributed by atoms with van der Waals surface area (Å²) in [6.45, 7) is 16.6. The third-order valence-electron chi connectivity index (χ3n) is 7.14. The number of aldehydes is 1. The van der Waals surface area contributed by atoms with Crippen molar-refractivity contribution in [1.29, 1.82) is 0 Å². The minimum absolute atomic E-state index is 0.150. The van der Waals surface area contributed by atoms with Crippen molar-refractivity contribution in [2.75, 3.05) is 6.61 Å². The van der Waals surface area contributed by atoms with Crippen molar-refractivity contribution in [3.05, 3.63) is 0 Å². The van der Waals surface area contributed by atoms with Crippen molar-refractivity contribution in [1.82, 2.24) is 0 Å². The molecule has 4 atom stereocenters. The molecule has 4 nitrogen and oxygen atoms in total. The maximum atomic E-state index is 11.8. The van der Waals surface area contributed by atoms with Gasteiger partial charge in [-0.15, -0.1) is 0 Å². The molecule has 0 aromatic carbocycles. The van der Waals surface area contributed by atoms with E-state index in [1.165, 1.54) is 0 Å². The lowest BCUT2D eigenvalue weighted by molar-refractivity contribution is -0.294. The lowest BCUT2D eigenvalue weighted by Crippen LogP contribution is -2.47. The predicted molar refractivity (Wildman–Crippen MR) is 112 cm³/mol. The Bertz CT molecular complexity index is 501. The van der Waals surface area contributed by atoms with E-state index < -0.39 is 19.7 Å². The SMILES string of the molecule is CCCC[C@]1(C=O)CC[C@]2(CC[C@H](C)[C@@H](CCO[Si](C)(C)C(C)(C)C)O2)O1. The lowest BCUT2D eigenvalue weighted by atomic mass is 9.88. The first-order valence-corrected chi connectivity index (χ1v) is 13.9. The van der Waals surface area contributed by atoms with Gasteiger partial charge in [0.05, 0.1) is 6.10 Å². The molecule has 5 heteroatoms. The fourth-order valence-corrected chi connectivity index (χ4v) is 5.06. The molecule has 158 valence electrons. The molecule has 2 aliphatic rings. The van der Waals surface area contributed by atoms with Gasteiger partial charge in [-0.25, -0.2) is 0 Å². The molecule has 2 fully saturated rings. The van der Waals surface area contributed by atoms with Crippen LogP contribution in [0.5, 0.6) is 0 Å². The monoisotopic (exact) mass is 398 g/mol. The molecule has 0 aromatic heterocycles. The molecule has 2 heterocycles. The standard InChI is InChI=1S/C22H42O4Si/c1-8-9-12-21(17-23)14-15-22(26-21)13-10-18(2)19(25-22)11-16-24-27(6,7)20(3,4)5/h17-19H,8-16H2,1-7H3/t18-,19+,21+,22-/m0/s1. The summed E-state index contributed by atoms with van der Waals surface area (Å²) in [7, 11) is -1.73. The van der Waals surface area contributed by atoms with E-state index in [-0.39, 0.29) is 11.1 Å². The molecule has 0 unspecified atom stereocenters. The van der Waals surface area contributed by atoms with Gasteiger partial charge in [-0.1, -0.05) is 47.5 Å². The fourth-order valence-electron chi connectivity index (χ4n) is 4.00. The molecule has 0 aromatic rings. The highest BCUT2D eigenvalue weighted by molar-refractivity contribution is 6.74. The third-order valence-corrected chi connectivity index (χ3v) is 11.7. The average molecular weight is 399 g/mol. The Labute approximate surface area is 167 Å². The molecule has 0 aliphatic carbocycles. The van der Waals surface area contributed by atoms with Crippen molar-refractivity contribution in [3.63, 3.8) is 0 Å². The highest BCUT2D eigenvalue weighted by atomic mass is 28.4. The maximum absolute atomic E-state index is 11.8. The van der Waals surface area contributed by atoms with Crippen LogP contribution in [-0.2, 0) is 18.7 Å². The Hall–Kier alpha value is -0.233. The van der Waals surface area contributed by atoms with Crippen LogP contribution in [-0.4, -0.2) is 38.7 Å². The summed E-state index contributed by atoms with van der Waals surface area (Å²) in [5, 5.41) is 0.227. The summed E-state index contributed by atoms with van der Waals surface area (Å²) < 4.78 is 19.3. The topological polar surface area (TPSA) is 44.8 Å². The number of rotatable bonds is 8. The Morgan fingerprint density at radius 2 is 1.93 bits per heavy atom. The highest BCUT2D eigenvalue weighted by Gasteiger charge is 2.53. The smallest absolute Gasteiger partial charge is 0.191 e. The van der Waals surface area contributed by atoms with Crippen molar-refractivity contribution in [2.45, 2.75) is 122 Å². The molecule has 1 spiro atoms. The van der Waals surface area contributed by atoms with Crippen LogP contribution in [0.25, 0.3) is 0 Å². The second kappa shape index (κ2) is 8.64. The van der Waals surface area contributed by atoms with Gasteiger partial charge in [0, 0.05) is 19.4 Å². The molecule has 0 saturated carbocycles. The van der Waals surface area contributed by atoms with Crippen molar-refractivity contribution < 1.29 is 18.7 Å². The number of hydrogen-bond acceptors (Lipinski definition) is 4. The van der Waals surface area contributed by atoms with E-state index in [0.29, 0.717) is 5.92 Å². The van der Waals surface area contributed by atoms with Gasteiger partial charge in [0.25, 0.3) is 0 Å². The quantitative estimate of drug-likeness (QED) is 0.380. The van der Waals surface area contributed by atoms with E-state index in [1.54, 1.807) is 0 Å². The van der Waals surface area contributed by atoms with Crippen LogP contribution in [0.15, 0.2) is 0 Å². The zero-order chi connectivity index (χ0) is 20.3. The Morgan fingerprint density at radius 1 is 1.22 bits per heavy atom. The van der Waals surface area contributed by atoms with E-state index in [1.807, 2.05) is 0 Å².